The Bertz CT molecular complexity index is 313. The lowest BCUT2D eigenvalue weighted by Gasteiger charge is -2.18. The second kappa shape index (κ2) is 3.90. The molecule has 1 aromatic carbocycles. The normalized spacial score (nSPS) is 10.9. The van der Waals surface area contributed by atoms with Gasteiger partial charge in [-0.3, -0.25) is 0 Å². The van der Waals surface area contributed by atoms with Gasteiger partial charge in [-0.25, -0.2) is 0 Å². The minimum Gasteiger partial charge on any atom is -0.198 e. The molecule has 0 heterocycles. The van der Waals surface area contributed by atoms with Gasteiger partial charge in [0.1, 0.15) is 0 Å². The fraction of sp³-hybridized carbons (Fsp3) is 0.364. The summed E-state index contributed by atoms with van der Waals surface area (Å²) < 4.78 is 0. The van der Waals surface area contributed by atoms with Crippen LogP contribution in [-0.4, -0.2) is 0 Å². The minimum atomic E-state index is 0.116. The molecule has 0 spiro atoms. The van der Waals surface area contributed by atoms with E-state index in [4.69, 9.17) is 5.26 Å². The van der Waals surface area contributed by atoms with Crippen LogP contribution in [0.4, 0.5) is 0 Å². The van der Waals surface area contributed by atoms with Gasteiger partial charge in [0.05, 0.1) is 12.5 Å². The van der Waals surface area contributed by atoms with Crippen molar-refractivity contribution < 1.29 is 0 Å². The quantitative estimate of drug-likeness (QED) is 0.659. The van der Waals surface area contributed by atoms with Gasteiger partial charge in [-0.1, -0.05) is 38.1 Å². The molecule has 0 saturated heterocycles. The highest BCUT2D eigenvalue weighted by atomic mass is 31.0. The zero-order valence-corrected chi connectivity index (χ0v) is 9.20. The maximum absolute atomic E-state index is 8.49. The summed E-state index contributed by atoms with van der Waals surface area (Å²) in [5, 5.41) is 8.61. The fourth-order valence-corrected chi connectivity index (χ4v) is 1.34. The molecule has 1 atom stereocenters. The summed E-state index contributed by atoms with van der Waals surface area (Å²) in [6.45, 7) is 4.30. The molecule has 2 heteroatoms. The van der Waals surface area contributed by atoms with Crippen molar-refractivity contribution in [3.05, 3.63) is 35.4 Å². The Morgan fingerprint density at radius 1 is 1.31 bits per heavy atom. The van der Waals surface area contributed by atoms with Gasteiger partial charge in [0.2, 0.25) is 0 Å². The Labute approximate surface area is 82.0 Å². The first-order chi connectivity index (χ1) is 6.04. The summed E-state index contributed by atoms with van der Waals surface area (Å²) in [6.07, 6.45) is 0.498. The molecular formula is C11H14NP. The van der Waals surface area contributed by atoms with Crippen molar-refractivity contribution in [1.29, 1.82) is 5.26 Å². The van der Waals surface area contributed by atoms with E-state index in [9.17, 15) is 0 Å². The van der Waals surface area contributed by atoms with Crippen LogP contribution in [0.1, 0.15) is 25.0 Å². The Morgan fingerprint density at radius 3 is 2.23 bits per heavy atom. The summed E-state index contributed by atoms with van der Waals surface area (Å²) in [4.78, 5) is 0. The highest BCUT2D eigenvalue weighted by Gasteiger charge is 2.12. The van der Waals surface area contributed by atoms with Crippen LogP contribution >= 0.6 is 9.24 Å². The Kier molecular flexibility index (Phi) is 3.07. The first kappa shape index (κ1) is 10.2. The first-order valence-electron chi connectivity index (χ1n) is 4.29. The molecule has 1 rings (SSSR count). The summed E-state index contributed by atoms with van der Waals surface area (Å²) >= 11 is 0. The van der Waals surface area contributed by atoms with Crippen LogP contribution in [0.2, 0.25) is 0 Å². The van der Waals surface area contributed by atoms with Gasteiger partial charge in [0.25, 0.3) is 0 Å². The first-order valence-corrected chi connectivity index (χ1v) is 4.87. The smallest absolute Gasteiger partial charge is 0.0669 e. The molecule has 13 heavy (non-hydrogen) atoms. The van der Waals surface area contributed by atoms with Gasteiger partial charge >= 0.3 is 0 Å². The second-order valence-electron chi connectivity index (χ2n) is 3.75. The van der Waals surface area contributed by atoms with Crippen molar-refractivity contribution in [3.8, 4) is 6.07 Å². The van der Waals surface area contributed by atoms with Crippen LogP contribution < -0.4 is 0 Å². The van der Waals surface area contributed by atoms with E-state index in [0.717, 1.165) is 5.56 Å². The van der Waals surface area contributed by atoms with Crippen LogP contribution in [0, 0.1) is 11.3 Å². The lowest BCUT2D eigenvalue weighted by atomic mass is 10.0. The highest BCUT2D eigenvalue weighted by molar-refractivity contribution is 7.18. The molecule has 0 amide bonds. The minimum absolute atomic E-state index is 0.116. The standard InChI is InChI=1S/C11H14NP/c1-11(2,13)10-5-3-9(4-6-10)7-8-12/h3-6H,7,13H2,1-2H3. The van der Waals surface area contributed by atoms with Crippen LogP contribution in [-0.2, 0) is 11.6 Å². The lowest BCUT2D eigenvalue weighted by Crippen LogP contribution is -2.05. The van der Waals surface area contributed by atoms with Gasteiger partial charge in [0, 0.05) is 5.16 Å². The van der Waals surface area contributed by atoms with Crippen LogP contribution in [0.25, 0.3) is 0 Å². The van der Waals surface area contributed by atoms with Gasteiger partial charge in [0.15, 0.2) is 0 Å². The summed E-state index contributed by atoms with van der Waals surface area (Å²) in [5.74, 6) is 0. The molecule has 1 aromatic rings. The number of hydrogen-bond acceptors (Lipinski definition) is 1. The Hall–Kier alpha value is -0.860. The maximum atomic E-state index is 8.49. The molecule has 0 aromatic heterocycles. The Morgan fingerprint density at radius 2 is 1.85 bits per heavy atom. The average molecular weight is 191 g/mol. The van der Waals surface area contributed by atoms with Crippen molar-refractivity contribution in [3.63, 3.8) is 0 Å². The molecule has 0 N–H and O–H groups in total. The third-order valence-electron chi connectivity index (χ3n) is 1.98. The zero-order chi connectivity index (χ0) is 9.90. The van der Waals surface area contributed by atoms with E-state index in [-0.39, 0.29) is 5.16 Å². The van der Waals surface area contributed by atoms with Crippen molar-refractivity contribution in [2.24, 2.45) is 0 Å². The molecule has 0 radical (unpaired) electrons. The monoisotopic (exact) mass is 191 g/mol. The van der Waals surface area contributed by atoms with Crippen molar-refractivity contribution in [2.45, 2.75) is 25.4 Å². The fourth-order valence-electron chi connectivity index (χ4n) is 1.14. The van der Waals surface area contributed by atoms with Crippen LogP contribution in [0.5, 0.6) is 0 Å². The van der Waals surface area contributed by atoms with Crippen LogP contribution in [0.15, 0.2) is 24.3 Å². The molecule has 1 unspecified atom stereocenters. The number of rotatable bonds is 2. The van der Waals surface area contributed by atoms with E-state index in [1.54, 1.807) is 0 Å². The molecule has 68 valence electrons. The summed E-state index contributed by atoms with van der Waals surface area (Å²) in [5.41, 5.74) is 2.36. The van der Waals surface area contributed by atoms with Gasteiger partial charge in [-0.15, -0.1) is 9.24 Å². The van der Waals surface area contributed by atoms with Crippen LogP contribution in [0.3, 0.4) is 0 Å². The van der Waals surface area contributed by atoms with E-state index < -0.39 is 0 Å². The van der Waals surface area contributed by atoms with Crippen molar-refractivity contribution in [1.82, 2.24) is 0 Å². The molecule has 0 aliphatic rings. The van der Waals surface area contributed by atoms with E-state index in [2.05, 4.69) is 41.3 Å². The molecule has 0 aliphatic heterocycles. The summed E-state index contributed by atoms with van der Waals surface area (Å²) in [7, 11) is 2.81. The SMILES string of the molecule is CC(C)(P)c1ccc(CC#N)cc1. The van der Waals surface area contributed by atoms with Crippen molar-refractivity contribution in [2.75, 3.05) is 0 Å². The van der Waals surface area contributed by atoms with E-state index in [1.807, 2.05) is 12.1 Å². The van der Waals surface area contributed by atoms with Gasteiger partial charge < -0.3 is 0 Å². The number of nitriles is 1. The van der Waals surface area contributed by atoms with E-state index >= 15 is 0 Å². The third-order valence-corrected chi connectivity index (χ3v) is 2.31. The topological polar surface area (TPSA) is 23.8 Å². The summed E-state index contributed by atoms with van der Waals surface area (Å²) in [6, 6.07) is 10.3. The third kappa shape index (κ3) is 2.83. The molecule has 0 fully saturated rings. The maximum Gasteiger partial charge on any atom is 0.0669 e. The molecule has 0 saturated carbocycles. The second-order valence-corrected chi connectivity index (χ2v) is 5.20. The number of hydrogen-bond donors (Lipinski definition) is 0. The largest absolute Gasteiger partial charge is 0.198 e. The predicted octanol–water partition coefficient (Wildman–Crippen LogP) is 2.86. The molecular weight excluding hydrogens is 177 g/mol. The average Bonchev–Trinajstić information content (AvgIpc) is 2.04. The van der Waals surface area contributed by atoms with Gasteiger partial charge in [-0.2, -0.15) is 5.26 Å². The van der Waals surface area contributed by atoms with E-state index in [1.165, 1.54) is 5.56 Å². The van der Waals surface area contributed by atoms with E-state index in [0.29, 0.717) is 6.42 Å². The predicted molar refractivity (Wildman–Crippen MR) is 58.5 cm³/mol. The zero-order valence-electron chi connectivity index (χ0n) is 8.04. The number of benzene rings is 1. The molecule has 1 nitrogen and oxygen atoms in total. The number of nitrogens with zero attached hydrogens (tertiary/aromatic N) is 1. The highest BCUT2D eigenvalue weighted by Crippen LogP contribution is 2.29. The van der Waals surface area contributed by atoms with Gasteiger partial charge in [-0.05, 0) is 11.1 Å². The Balaban J connectivity index is 2.89. The molecule has 0 aliphatic carbocycles. The molecule has 0 bridgehead atoms. The lowest BCUT2D eigenvalue weighted by molar-refractivity contribution is 0.782. The van der Waals surface area contributed by atoms with Crippen molar-refractivity contribution >= 4 is 9.24 Å².